The number of halogens is 2. The molecule has 0 saturated heterocycles. The Balaban J connectivity index is 2.18. The number of ether oxygens (including phenoxy) is 1. The van der Waals surface area contributed by atoms with Crippen LogP contribution in [0.15, 0.2) is 29.5 Å². The number of amides is 2. The monoisotopic (exact) mass is 384 g/mol. The Hall–Kier alpha value is -1.72. The molecule has 2 amide bonds. The fourth-order valence-corrected chi connectivity index (χ4v) is 2.98. The zero-order valence-corrected chi connectivity index (χ0v) is 15.8. The van der Waals surface area contributed by atoms with E-state index in [1.54, 1.807) is 25.1 Å². The number of hydrogen-bond donors (Lipinski definition) is 2. The zero-order chi connectivity index (χ0) is 18.4. The molecule has 2 N–H and O–H groups in total. The highest BCUT2D eigenvalue weighted by atomic mass is 35.5. The smallest absolute Gasteiger partial charge is 0.338 e. The van der Waals surface area contributed by atoms with Gasteiger partial charge in [-0.25, -0.2) is 9.59 Å². The molecule has 2 rings (SSSR count). The number of carbonyl (C=O) groups is 2. The molecule has 0 bridgehead atoms. The van der Waals surface area contributed by atoms with Crippen LogP contribution >= 0.6 is 23.2 Å². The van der Waals surface area contributed by atoms with Gasteiger partial charge >= 0.3 is 12.0 Å². The van der Waals surface area contributed by atoms with E-state index in [2.05, 4.69) is 17.6 Å². The highest BCUT2D eigenvalue weighted by Crippen LogP contribution is 2.31. The molecule has 1 heterocycles. The summed E-state index contributed by atoms with van der Waals surface area (Å²) in [4.78, 5) is 24.4. The van der Waals surface area contributed by atoms with Gasteiger partial charge in [0, 0.05) is 5.70 Å². The highest BCUT2D eigenvalue weighted by Gasteiger charge is 2.32. The molecular weight excluding hydrogens is 363 g/mol. The lowest BCUT2D eigenvalue weighted by molar-refractivity contribution is -0.139. The predicted octanol–water partition coefficient (Wildman–Crippen LogP) is 4.74. The molecule has 0 spiro atoms. The number of rotatable bonds is 7. The van der Waals surface area contributed by atoms with E-state index >= 15 is 0 Å². The van der Waals surface area contributed by atoms with Gasteiger partial charge in [-0.1, -0.05) is 55.5 Å². The number of hydrogen-bond acceptors (Lipinski definition) is 3. The first-order valence-electron chi connectivity index (χ1n) is 8.34. The summed E-state index contributed by atoms with van der Waals surface area (Å²) in [6, 6.07) is 3.99. The molecule has 0 fully saturated rings. The van der Waals surface area contributed by atoms with Gasteiger partial charge in [-0.2, -0.15) is 0 Å². The molecule has 1 aromatic carbocycles. The molecule has 25 heavy (non-hydrogen) atoms. The van der Waals surface area contributed by atoms with Crippen LogP contribution in [-0.4, -0.2) is 18.6 Å². The topological polar surface area (TPSA) is 67.4 Å². The molecule has 1 aliphatic rings. The highest BCUT2D eigenvalue weighted by molar-refractivity contribution is 6.42. The Morgan fingerprint density at radius 2 is 1.96 bits per heavy atom. The second kappa shape index (κ2) is 9.11. The van der Waals surface area contributed by atoms with E-state index in [0.717, 1.165) is 25.7 Å². The molecule has 0 aliphatic carbocycles. The van der Waals surface area contributed by atoms with Crippen LogP contribution in [0, 0.1) is 0 Å². The molecular formula is C18H22Cl2N2O3. The summed E-state index contributed by atoms with van der Waals surface area (Å²) in [6.07, 6.45) is 4.08. The number of esters is 1. The number of unbranched alkanes of at least 4 members (excludes halogenated alkanes) is 3. The molecule has 1 atom stereocenters. The van der Waals surface area contributed by atoms with E-state index in [1.165, 1.54) is 0 Å². The molecule has 1 aliphatic heterocycles. The van der Waals surface area contributed by atoms with Gasteiger partial charge in [0.25, 0.3) is 0 Å². The van der Waals surface area contributed by atoms with Crippen molar-refractivity contribution in [2.75, 3.05) is 6.61 Å². The van der Waals surface area contributed by atoms with E-state index in [1.807, 2.05) is 0 Å². The van der Waals surface area contributed by atoms with E-state index in [-0.39, 0.29) is 6.03 Å². The van der Waals surface area contributed by atoms with Crippen LogP contribution in [0.4, 0.5) is 4.79 Å². The maximum Gasteiger partial charge on any atom is 0.338 e. The number of benzene rings is 1. The number of allylic oxidation sites excluding steroid dienone is 1. The van der Waals surface area contributed by atoms with Crippen LogP contribution in [0.3, 0.4) is 0 Å². The van der Waals surface area contributed by atoms with Gasteiger partial charge < -0.3 is 15.4 Å². The number of nitrogens with one attached hydrogen (secondary N) is 2. The summed E-state index contributed by atoms with van der Waals surface area (Å²) < 4.78 is 5.39. The minimum atomic E-state index is -0.633. The average molecular weight is 385 g/mol. The summed E-state index contributed by atoms with van der Waals surface area (Å²) >= 11 is 12.0. The van der Waals surface area contributed by atoms with E-state index in [9.17, 15) is 9.59 Å². The molecule has 5 nitrogen and oxygen atoms in total. The summed E-state index contributed by atoms with van der Waals surface area (Å²) in [7, 11) is 0. The van der Waals surface area contributed by atoms with E-state index in [0.29, 0.717) is 33.5 Å². The van der Waals surface area contributed by atoms with E-state index in [4.69, 9.17) is 27.9 Å². The van der Waals surface area contributed by atoms with Crippen molar-refractivity contribution < 1.29 is 14.3 Å². The van der Waals surface area contributed by atoms with Crippen LogP contribution in [0.2, 0.25) is 10.0 Å². The van der Waals surface area contributed by atoms with Gasteiger partial charge in [-0.15, -0.1) is 0 Å². The van der Waals surface area contributed by atoms with Gasteiger partial charge in [-0.3, -0.25) is 0 Å². The van der Waals surface area contributed by atoms with Crippen LogP contribution in [0.25, 0.3) is 0 Å². The van der Waals surface area contributed by atoms with Gasteiger partial charge in [0.1, 0.15) is 0 Å². The summed E-state index contributed by atoms with van der Waals surface area (Å²) in [6.45, 7) is 4.16. The summed E-state index contributed by atoms with van der Waals surface area (Å²) in [5.41, 5.74) is 1.51. The SMILES string of the molecule is CCCCCCOC(=O)C1=C(C)NC(=O)N[C@H]1c1ccc(Cl)c(Cl)c1. The first kappa shape index (κ1) is 19.6. The molecule has 1 aromatic rings. The molecule has 0 radical (unpaired) electrons. The van der Waals surface area contributed by atoms with Crippen LogP contribution in [0.1, 0.15) is 51.1 Å². The van der Waals surface area contributed by atoms with Gasteiger partial charge in [0.05, 0.1) is 28.3 Å². The summed E-state index contributed by atoms with van der Waals surface area (Å²) in [5.74, 6) is -0.447. The van der Waals surface area contributed by atoms with E-state index < -0.39 is 12.0 Å². The minimum absolute atomic E-state index is 0.358. The Bertz CT molecular complexity index is 689. The van der Waals surface area contributed by atoms with Gasteiger partial charge in [0.2, 0.25) is 0 Å². The zero-order valence-electron chi connectivity index (χ0n) is 14.3. The molecule has 0 unspecified atom stereocenters. The lowest BCUT2D eigenvalue weighted by Crippen LogP contribution is -2.45. The minimum Gasteiger partial charge on any atom is -0.462 e. The third kappa shape index (κ3) is 5.13. The lowest BCUT2D eigenvalue weighted by atomic mass is 9.95. The summed E-state index contributed by atoms with van der Waals surface area (Å²) in [5, 5.41) is 6.12. The van der Waals surface area contributed by atoms with Crippen molar-refractivity contribution >= 4 is 35.2 Å². The molecule has 0 saturated carbocycles. The van der Waals surface area contributed by atoms with Gasteiger partial charge in [0.15, 0.2) is 0 Å². The Kier molecular flexibility index (Phi) is 7.14. The van der Waals surface area contributed by atoms with Crippen molar-refractivity contribution in [3.05, 3.63) is 45.1 Å². The maximum atomic E-state index is 12.6. The van der Waals surface area contributed by atoms with Crippen molar-refractivity contribution in [2.24, 2.45) is 0 Å². The Morgan fingerprint density at radius 1 is 1.20 bits per heavy atom. The molecule has 136 valence electrons. The Morgan fingerprint density at radius 3 is 2.64 bits per heavy atom. The third-order valence-electron chi connectivity index (χ3n) is 4.00. The lowest BCUT2D eigenvalue weighted by Gasteiger charge is -2.28. The number of carbonyl (C=O) groups excluding carboxylic acids is 2. The number of urea groups is 1. The second-order valence-electron chi connectivity index (χ2n) is 5.94. The Labute approximate surface area is 157 Å². The van der Waals surface area contributed by atoms with Gasteiger partial charge in [-0.05, 0) is 31.0 Å². The average Bonchev–Trinajstić information content (AvgIpc) is 2.56. The van der Waals surface area contributed by atoms with Crippen LogP contribution in [0.5, 0.6) is 0 Å². The predicted molar refractivity (Wildman–Crippen MR) is 98.7 cm³/mol. The quantitative estimate of drug-likeness (QED) is 0.526. The first-order chi connectivity index (χ1) is 11.9. The first-order valence-corrected chi connectivity index (χ1v) is 9.10. The van der Waals surface area contributed by atoms with Crippen molar-refractivity contribution in [3.63, 3.8) is 0 Å². The van der Waals surface area contributed by atoms with Crippen LogP contribution < -0.4 is 10.6 Å². The fraction of sp³-hybridized carbons (Fsp3) is 0.444. The second-order valence-corrected chi connectivity index (χ2v) is 6.75. The standard InChI is InChI=1S/C18H22Cl2N2O3/c1-3-4-5-6-9-25-17(23)15-11(2)21-18(24)22-16(15)12-7-8-13(19)14(20)10-12/h7-8,10,16H,3-6,9H2,1-2H3,(H2,21,22,24)/t16-/m0/s1. The van der Waals surface area contributed by atoms with Crippen molar-refractivity contribution in [1.29, 1.82) is 0 Å². The normalized spacial score (nSPS) is 17.1. The van der Waals surface area contributed by atoms with Crippen molar-refractivity contribution in [1.82, 2.24) is 10.6 Å². The largest absolute Gasteiger partial charge is 0.462 e. The van der Waals surface area contributed by atoms with Crippen molar-refractivity contribution in [3.8, 4) is 0 Å². The molecule has 0 aromatic heterocycles. The van der Waals surface area contributed by atoms with Crippen LogP contribution in [-0.2, 0) is 9.53 Å². The maximum absolute atomic E-state index is 12.6. The molecule has 7 heteroatoms. The third-order valence-corrected chi connectivity index (χ3v) is 4.74. The van der Waals surface area contributed by atoms with Crippen molar-refractivity contribution in [2.45, 2.75) is 45.6 Å². The fourth-order valence-electron chi connectivity index (χ4n) is 2.68.